The van der Waals surface area contributed by atoms with Crippen LogP contribution < -0.4 is 10.1 Å². The highest BCUT2D eigenvalue weighted by atomic mass is 32.1. The fourth-order valence-corrected chi connectivity index (χ4v) is 2.90. The summed E-state index contributed by atoms with van der Waals surface area (Å²) in [5.74, 6) is 0.960. The monoisotopic (exact) mass is 289 g/mol. The Balaban J connectivity index is 2.04. The molecule has 0 aliphatic rings. The molecule has 1 N–H and O–H groups in total. The van der Waals surface area contributed by atoms with Gasteiger partial charge >= 0.3 is 0 Å². The maximum atomic E-state index is 5.64. The van der Waals surface area contributed by atoms with Crippen LogP contribution in [0.15, 0.2) is 41.1 Å². The molecule has 0 spiro atoms. The van der Waals surface area contributed by atoms with E-state index in [-0.39, 0.29) is 0 Å². The van der Waals surface area contributed by atoms with Gasteiger partial charge in [-0.15, -0.1) is 0 Å². The predicted molar refractivity (Wildman–Crippen MR) is 86.7 cm³/mol. The molecule has 1 heterocycles. The van der Waals surface area contributed by atoms with E-state index in [1.807, 2.05) is 0 Å². The average Bonchev–Trinajstić information content (AvgIpc) is 2.98. The molecule has 2 rings (SSSR count). The Kier molecular flexibility index (Phi) is 6.09. The highest BCUT2D eigenvalue weighted by Gasteiger charge is 2.11. The third kappa shape index (κ3) is 4.36. The number of ether oxygens (including phenoxy) is 1. The first-order chi connectivity index (χ1) is 9.83. The van der Waals surface area contributed by atoms with E-state index in [0.717, 1.165) is 31.7 Å². The van der Waals surface area contributed by atoms with Gasteiger partial charge in [-0.3, -0.25) is 0 Å². The molecule has 0 saturated heterocycles. The van der Waals surface area contributed by atoms with Gasteiger partial charge in [0.2, 0.25) is 0 Å². The van der Waals surface area contributed by atoms with E-state index >= 15 is 0 Å². The molecule has 1 aromatic heterocycles. The van der Waals surface area contributed by atoms with Crippen molar-refractivity contribution in [2.24, 2.45) is 0 Å². The van der Waals surface area contributed by atoms with Crippen molar-refractivity contribution in [3.63, 3.8) is 0 Å². The highest BCUT2D eigenvalue weighted by molar-refractivity contribution is 7.07. The van der Waals surface area contributed by atoms with Crippen molar-refractivity contribution in [2.75, 3.05) is 13.2 Å². The summed E-state index contributed by atoms with van der Waals surface area (Å²) in [5.41, 5.74) is 2.72. The van der Waals surface area contributed by atoms with E-state index in [0.29, 0.717) is 6.04 Å². The first-order valence-corrected chi connectivity index (χ1v) is 8.25. The molecule has 108 valence electrons. The molecule has 2 aromatic rings. The summed E-state index contributed by atoms with van der Waals surface area (Å²) in [6, 6.07) is 11.1. The van der Waals surface area contributed by atoms with Crippen LogP contribution in [0, 0.1) is 0 Å². The number of rotatable bonds is 8. The van der Waals surface area contributed by atoms with Crippen molar-refractivity contribution in [3.8, 4) is 5.75 Å². The quantitative estimate of drug-likeness (QED) is 0.776. The third-order valence-electron chi connectivity index (χ3n) is 3.23. The van der Waals surface area contributed by atoms with Crippen LogP contribution in [0.3, 0.4) is 0 Å². The minimum Gasteiger partial charge on any atom is -0.494 e. The van der Waals surface area contributed by atoms with Crippen LogP contribution in [0.25, 0.3) is 0 Å². The van der Waals surface area contributed by atoms with E-state index in [1.54, 1.807) is 11.3 Å². The molecule has 1 unspecified atom stereocenters. The van der Waals surface area contributed by atoms with Crippen LogP contribution in [-0.4, -0.2) is 13.2 Å². The van der Waals surface area contributed by atoms with Crippen LogP contribution in [-0.2, 0) is 6.42 Å². The first-order valence-electron chi connectivity index (χ1n) is 7.30. The molecule has 0 amide bonds. The summed E-state index contributed by atoms with van der Waals surface area (Å²) in [7, 11) is 0. The van der Waals surface area contributed by atoms with Crippen molar-refractivity contribution in [1.29, 1.82) is 0 Å². The molecule has 2 nitrogen and oxygen atoms in total. The summed E-state index contributed by atoms with van der Waals surface area (Å²) in [6.45, 7) is 6.03. The summed E-state index contributed by atoms with van der Waals surface area (Å²) < 4.78 is 5.64. The smallest absolute Gasteiger partial charge is 0.119 e. The van der Waals surface area contributed by atoms with Gasteiger partial charge in [0.25, 0.3) is 0 Å². The second-order valence-corrected chi connectivity index (χ2v) is 5.64. The molecule has 1 atom stereocenters. The van der Waals surface area contributed by atoms with E-state index in [9.17, 15) is 0 Å². The predicted octanol–water partition coefficient (Wildman–Crippen LogP) is 4.43. The molecule has 0 aliphatic carbocycles. The Labute approximate surface area is 125 Å². The van der Waals surface area contributed by atoms with E-state index < -0.39 is 0 Å². The van der Waals surface area contributed by atoms with Crippen molar-refractivity contribution in [3.05, 3.63) is 52.2 Å². The van der Waals surface area contributed by atoms with Gasteiger partial charge in [0.05, 0.1) is 6.61 Å². The van der Waals surface area contributed by atoms with E-state index in [2.05, 4.69) is 60.3 Å². The molecule has 1 aromatic carbocycles. The Morgan fingerprint density at radius 2 is 1.95 bits per heavy atom. The minimum absolute atomic E-state index is 0.370. The zero-order chi connectivity index (χ0) is 14.2. The van der Waals surface area contributed by atoms with E-state index in [4.69, 9.17) is 4.74 Å². The molecule has 0 fully saturated rings. The maximum absolute atomic E-state index is 5.64. The Bertz CT molecular complexity index is 478. The van der Waals surface area contributed by atoms with Crippen LogP contribution >= 0.6 is 11.3 Å². The van der Waals surface area contributed by atoms with Crippen LogP contribution in [0.2, 0.25) is 0 Å². The number of likely N-dealkylation sites (N-methyl/N-ethyl adjacent to an activating group) is 1. The second kappa shape index (κ2) is 8.08. The van der Waals surface area contributed by atoms with Crippen LogP contribution in [0.5, 0.6) is 5.75 Å². The summed E-state index contributed by atoms with van der Waals surface area (Å²) in [6.07, 6.45) is 2.08. The summed E-state index contributed by atoms with van der Waals surface area (Å²) in [4.78, 5) is 0. The average molecular weight is 289 g/mol. The van der Waals surface area contributed by atoms with Gasteiger partial charge in [-0.25, -0.2) is 0 Å². The second-order valence-electron chi connectivity index (χ2n) is 4.86. The molecule has 3 heteroatoms. The zero-order valence-corrected chi connectivity index (χ0v) is 13.1. The Morgan fingerprint density at radius 1 is 1.15 bits per heavy atom. The lowest BCUT2D eigenvalue weighted by Gasteiger charge is -2.18. The fraction of sp³-hybridized carbons (Fsp3) is 0.412. The Hall–Kier alpha value is -1.32. The lowest BCUT2D eigenvalue weighted by Crippen LogP contribution is -2.22. The standard InChI is InChI=1S/C17H23NOS/c1-3-10-19-16-7-5-15(6-8-16)17(18-4-2)12-14-9-11-20-13-14/h5-9,11,13,17-18H,3-4,10,12H2,1-2H3. The number of hydrogen-bond acceptors (Lipinski definition) is 3. The molecule has 0 radical (unpaired) electrons. The zero-order valence-electron chi connectivity index (χ0n) is 12.3. The molecule has 0 aliphatic heterocycles. The lowest BCUT2D eigenvalue weighted by molar-refractivity contribution is 0.317. The van der Waals surface area contributed by atoms with Gasteiger partial charge < -0.3 is 10.1 Å². The Morgan fingerprint density at radius 3 is 2.55 bits per heavy atom. The SMILES string of the molecule is CCCOc1ccc(C(Cc2ccsc2)NCC)cc1. The van der Waals surface area contributed by atoms with Gasteiger partial charge in [0.15, 0.2) is 0 Å². The van der Waals surface area contributed by atoms with Crippen LogP contribution in [0.1, 0.15) is 37.4 Å². The van der Waals surface area contributed by atoms with Gasteiger partial charge in [0.1, 0.15) is 5.75 Å². The maximum Gasteiger partial charge on any atom is 0.119 e. The van der Waals surface area contributed by atoms with Crippen molar-refractivity contribution < 1.29 is 4.74 Å². The molecule has 20 heavy (non-hydrogen) atoms. The largest absolute Gasteiger partial charge is 0.494 e. The van der Waals surface area contributed by atoms with Gasteiger partial charge in [-0.05, 0) is 59.5 Å². The summed E-state index contributed by atoms with van der Waals surface area (Å²) in [5, 5.41) is 7.93. The van der Waals surface area contributed by atoms with E-state index in [1.165, 1.54) is 11.1 Å². The number of benzene rings is 1. The van der Waals surface area contributed by atoms with Crippen LogP contribution in [0.4, 0.5) is 0 Å². The first kappa shape index (κ1) is 15.1. The molecular formula is C17H23NOS. The van der Waals surface area contributed by atoms with Gasteiger partial charge in [-0.1, -0.05) is 26.0 Å². The van der Waals surface area contributed by atoms with Crippen molar-refractivity contribution in [2.45, 2.75) is 32.7 Å². The number of nitrogens with one attached hydrogen (secondary N) is 1. The highest BCUT2D eigenvalue weighted by Crippen LogP contribution is 2.22. The van der Waals surface area contributed by atoms with Gasteiger partial charge in [0, 0.05) is 6.04 Å². The van der Waals surface area contributed by atoms with Crippen molar-refractivity contribution in [1.82, 2.24) is 5.32 Å². The van der Waals surface area contributed by atoms with Gasteiger partial charge in [-0.2, -0.15) is 11.3 Å². The molecule has 0 bridgehead atoms. The third-order valence-corrected chi connectivity index (χ3v) is 3.96. The molecular weight excluding hydrogens is 266 g/mol. The number of hydrogen-bond donors (Lipinski definition) is 1. The van der Waals surface area contributed by atoms with Crippen molar-refractivity contribution >= 4 is 11.3 Å². The number of thiophene rings is 1. The normalized spacial score (nSPS) is 12.3. The molecule has 0 saturated carbocycles. The fourth-order valence-electron chi connectivity index (χ4n) is 2.22. The lowest BCUT2D eigenvalue weighted by atomic mass is 10.0. The summed E-state index contributed by atoms with van der Waals surface area (Å²) >= 11 is 1.76. The minimum atomic E-state index is 0.370. The topological polar surface area (TPSA) is 21.3 Å².